The van der Waals surface area contributed by atoms with Crippen molar-refractivity contribution in [2.75, 3.05) is 4.90 Å². The molecule has 4 aromatic rings. The molecule has 182 valence electrons. The van der Waals surface area contributed by atoms with Crippen molar-refractivity contribution in [3.05, 3.63) is 110 Å². The third-order valence-corrected chi connectivity index (χ3v) is 8.98. The van der Waals surface area contributed by atoms with Crippen molar-refractivity contribution in [1.29, 1.82) is 0 Å². The Labute approximate surface area is 230 Å². The average molecular weight is 603 g/mol. The standard InChI is InChI=1S/C32H29Br2NO/c1-20-17-27(35(25-10-6-23(33)7-11-25)26-12-8-24(34)9-13-26)18-21(2)30(20)22-5-14-28-29(19-22)32(4)16-15-31(28,3)36-32/h5-14,17-19H,15-16H2,1-4H3. The van der Waals surface area contributed by atoms with Gasteiger partial charge in [0.25, 0.3) is 0 Å². The van der Waals surface area contributed by atoms with Crippen LogP contribution >= 0.6 is 31.9 Å². The number of benzene rings is 4. The van der Waals surface area contributed by atoms with Crippen LogP contribution in [0.15, 0.2) is 87.8 Å². The quantitative estimate of drug-likeness (QED) is 0.230. The van der Waals surface area contributed by atoms with Gasteiger partial charge in [0.15, 0.2) is 0 Å². The molecule has 6 rings (SSSR count). The van der Waals surface area contributed by atoms with E-state index in [-0.39, 0.29) is 11.2 Å². The minimum atomic E-state index is -0.165. The lowest BCUT2D eigenvalue weighted by atomic mass is 9.77. The number of nitrogens with zero attached hydrogens (tertiary/aromatic N) is 1. The maximum Gasteiger partial charge on any atom is 0.0920 e. The van der Waals surface area contributed by atoms with Crippen LogP contribution in [0.5, 0.6) is 0 Å². The van der Waals surface area contributed by atoms with Crippen LogP contribution in [0.4, 0.5) is 17.1 Å². The van der Waals surface area contributed by atoms with Crippen LogP contribution in [0.25, 0.3) is 11.1 Å². The molecule has 2 nitrogen and oxygen atoms in total. The molecule has 0 aliphatic carbocycles. The average Bonchev–Trinajstić information content (AvgIpc) is 3.28. The number of aryl methyl sites for hydroxylation is 2. The van der Waals surface area contributed by atoms with Crippen molar-refractivity contribution < 1.29 is 4.74 Å². The molecule has 0 N–H and O–H groups in total. The van der Waals surface area contributed by atoms with Crippen LogP contribution < -0.4 is 4.90 Å². The fourth-order valence-electron chi connectivity index (χ4n) is 6.21. The predicted octanol–water partition coefficient (Wildman–Crippen LogP) is 10.2. The van der Waals surface area contributed by atoms with Gasteiger partial charge in [-0.1, -0.05) is 44.0 Å². The molecule has 1 fully saturated rings. The van der Waals surface area contributed by atoms with Crippen molar-refractivity contribution in [2.24, 2.45) is 0 Å². The summed E-state index contributed by atoms with van der Waals surface area (Å²) in [6, 6.07) is 28.6. The van der Waals surface area contributed by atoms with E-state index < -0.39 is 0 Å². The Bertz CT molecular complexity index is 1410. The molecule has 4 aromatic carbocycles. The summed E-state index contributed by atoms with van der Waals surface area (Å²) >= 11 is 7.16. The van der Waals surface area contributed by atoms with E-state index in [4.69, 9.17) is 4.74 Å². The van der Waals surface area contributed by atoms with Gasteiger partial charge in [-0.05, 0) is 141 Å². The highest BCUT2D eigenvalue weighted by molar-refractivity contribution is 9.10. The Morgan fingerprint density at radius 3 is 1.67 bits per heavy atom. The van der Waals surface area contributed by atoms with Crippen molar-refractivity contribution >= 4 is 48.9 Å². The minimum absolute atomic E-state index is 0.133. The minimum Gasteiger partial charge on any atom is -0.360 e. The Morgan fingerprint density at radius 1 is 0.639 bits per heavy atom. The van der Waals surface area contributed by atoms with Crippen molar-refractivity contribution in [1.82, 2.24) is 0 Å². The summed E-state index contributed by atoms with van der Waals surface area (Å²) in [5, 5.41) is 0. The number of halogens is 2. The summed E-state index contributed by atoms with van der Waals surface area (Å²) in [5.41, 5.74) is 11.0. The number of rotatable bonds is 4. The first-order valence-corrected chi connectivity index (χ1v) is 14.0. The van der Waals surface area contributed by atoms with E-state index in [1.165, 1.54) is 33.4 Å². The van der Waals surface area contributed by atoms with E-state index in [1.807, 2.05) is 0 Å². The second-order valence-electron chi connectivity index (χ2n) is 10.6. The van der Waals surface area contributed by atoms with E-state index >= 15 is 0 Å². The van der Waals surface area contributed by atoms with Gasteiger partial charge in [-0.15, -0.1) is 0 Å². The SMILES string of the molecule is Cc1cc(N(c2ccc(Br)cc2)c2ccc(Br)cc2)cc(C)c1-c1ccc2c(c1)C1(C)CCC2(C)O1. The zero-order valence-electron chi connectivity index (χ0n) is 21.0. The largest absolute Gasteiger partial charge is 0.360 e. The summed E-state index contributed by atoms with van der Waals surface area (Å²) in [4.78, 5) is 2.32. The van der Waals surface area contributed by atoms with E-state index in [2.05, 4.69) is 143 Å². The van der Waals surface area contributed by atoms with Crippen molar-refractivity contribution in [2.45, 2.75) is 51.7 Å². The molecule has 4 heteroatoms. The fraction of sp³-hybridized carbons (Fsp3) is 0.250. The molecule has 2 unspecified atom stereocenters. The van der Waals surface area contributed by atoms with Crippen LogP contribution in [-0.4, -0.2) is 0 Å². The zero-order valence-corrected chi connectivity index (χ0v) is 24.2. The van der Waals surface area contributed by atoms with Gasteiger partial charge in [-0.2, -0.15) is 0 Å². The van der Waals surface area contributed by atoms with Crippen LogP contribution in [-0.2, 0) is 15.9 Å². The zero-order chi connectivity index (χ0) is 25.2. The number of hydrogen-bond donors (Lipinski definition) is 0. The maximum absolute atomic E-state index is 6.52. The van der Waals surface area contributed by atoms with Gasteiger partial charge in [0.2, 0.25) is 0 Å². The molecule has 2 aliphatic heterocycles. The molecule has 2 atom stereocenters. The normalized spacial score (nSPS) is 22.1. The monoisotopic (exact) mass is 601 g/mol. The van der Waals surface area contributed by atoms with Crippen LogP contribution in [0, 0.1) is 13.8 Å². The topological polar surface area (TPSA) is 12.5 Å². The molecule has 36 heavy (non-hydrogen) atoms. The smallest absolute Gasteiger partial charge is 0.0920 e. The van der Waals surface area contributed by atoms with Gasteiger partial charge in [-0.3, -0.25) is 0 Å². The van der Waals surface area contributed by atoms with Gasteiger partial charge in [-0.25, -0.2) is 0 Å². The third kappa shape index (κ3) is 3.86. The summed E-state index contributed by atoms with van der Waals surface area (Å²) in [6.07, 6.45) is 2.19. The summed E-state index contributed by atoms with van der Waals surface area (Å²) < 4.78 is 8.66. The summed E-state index contributed by atoms with van der Waals surface area (Å²) in [7, 11) is 0. The molecular formula is C32H29Br2NO. The highest BCUT2D eigenvalue weighted by Gasteiger charge is 2.54. The van der Waals surface area contributed by atoms with Crippen molar-refractivity contribution in [3.63, 3.8) is 0 Å². The Hall–Kier alpha value is -2.40. The highest BCUT2D eigenvalue weighted by atomic mass is 79.9. The van der Waals surface area contributed by atoms with Gasteiger partial charge in [0, 0.05) is 26.0 Å². The number of hydrogen-bond acceptors (Lipinski definition) is 2. The van der Waals surface area contributed by atoms with Gasteiger partial charge >= 0.3 is 0 Å². The van der Waals surface area contributed by atoms with Crippen LogP contribution in [0.1, 0.15) is 48.9 Å². The molecular weight excluding hydrogens is 574 g/mol. The van der Waals surface area contributed by atoms with Crippen molar-refractivity contribution in [3.8, 4) is 11.1 Å². The molecule has 2 bridgehead atoms. The second-order valence-corrected chi connectivity index (χ2v) is 12.4. The molecule has 0 spiro atoms. The Kier molecular flexibility index (Phi) is 5.71. The lowest BCUT2D eigenvalue weighted by Crippen LogP contribution is -2.18. The molecule has 0 radical (unpaired) electrons. The second kappa shape index (κ2) is 8.58. The first-order chi connectivity index (χ1) is 17.2. The Morgan fingerprint density at radius 2 is 1.14 bits per heavy atom. The Balaban J connectivity index is 1.46. The van der Waals surface area contributed by atoms with Crippen LogP contribution in [0.2, 0.25) is 0 Å². The molecule has 2 aliphatic rings. The summed E-state index contributed by atoms with van der Waals surface area (Å²) in [5.74, 6) is 0. The number of fused-ring (bicyclic) bond motifs is 5. The fourth-order valence-corrected chi connectivity index (χ4v) is 6.74. The van der Waals surface area contributed by atoms with E-state index in [1.54, 1.807) is 0 Å². The molecule has 0 saturated carbocycles. The van der Waals surface area contributed by atoms with Gasteiger partial charge in [0.1, 0.15) is 0 Å². The van der Waals surface area contributed by atoms with E-state index in [9.17, 15) is 0 Å². The number of ether oxygens (including phenoxy) is 1. The number of anilines is 3. The molecule has 2 heterocycles. The molecule has 0 aromatic heterocycles. The first kappa shape index (κ1) is 24.0. The lowest BCUT2D eigenvalue weighted by Gasteiger charge is -2.28. The van der Waals surface area contributed by atoms with E-state index in [0.717, 1.165) is 38.8 Å². The third-order valence-electron chi connectivity index (χ3n) is 7.92. The van der Waals surface area contributed by atoms with E-state index in [0.29, 0.717) is 0 Å². The predicted molar refractivity (Wildman–Crippen MR) is 156 cm³/mol. The molecule has 1 saturated heterocycles. The van der Waals surface area contributed by atoms with Gasteiger partial charge in [0.05, 0.1) is 11.2 Å². The molecule has 0 amide bonds. The maximum atomic E-state index is 6.52. The van der Waals surface area contributed by atoms with Gasteiger partial charge < -0.3 is 9.64 Å². The lowest BCUT2D eigenvalue weighted by molar-refractivity contribution is -0.0662. The summed E-state index contributed by atoms with van der Waals surface area (Å²) in [6.45, 7) is 8.96. The first-order valence-electron chi connectivity index (χ1n) is 12.4. The van der Waals surface area contributed by atoms with Crippen LogP contribution in [0.3, 0.4) is 0 Å². The highest BCUT2D eigenvalue weighted by Crippen LogP contribution is 2.58.